The number of carbonyl (C=O) groups excluding carboxylic acids is 1. The van der Waals surface area contributed by atoms with E-state index in [2.05, 4.69) is 28.2 Å². The molecule has 0 aliphatic heterocycles. The summed E-state index contributed by atoms with van der Waals surface area (Å²) < 4.78 is 0. The van der Waals surface area contributed by atoms with Crippen LogP contribution in [0.25, 0.3) is 0 Å². The fraction of sp³-hybridized carbons (Fsp3) is 0.250. The van der Waals surface area contributed by atoms with Crippen LogP contribution in [0.3, 0.4) is 0 Å². The molecule has 2 aromatic heterocycles. The van der Waals surface area contributed by atoms with Crippen molar-refractivity contribution in [3.63, 3.8) is 0 Å². The first-order chi connectivity index (χ1) is 10.3. The van der Waals surface area contributed by atoms with Gasteiger partial charge >= 0.3 is 0 Å². The van der Waals surface area contributed by atoms with Crippen LogP contribution in [-0.2, 0) is 11.2 Å². The van der Waals surface area contributed by atoms with Gasteiger partial charge in [0.15, 0.2) is 0 Å². The Morgan fingerprint density at radius 2 is 2.24 bits per heavy atom. The van der Waals surface area contributed by atoms with Gasteiger partial charge in [0.05, 0.1) is 6.54 Å². The lowest BCUT2D eigenvalue weighted by Gasteiger charge is -2.04. The average molecular weight is 299 g/mol. The number of hydrogen-bond donors (Lipinski definition) is 2. The summed E-state index contributed by atoms with van der Waals surface area (Å²) in [7, 11) is 0. The highest BCUT2D eigenvalue weighted by atomic mass is 32.1. The molecule has 0 fully saturated rings. The highest BCUT2D eigenvalue weighted by Crippen LogP contribution is 2.12. The fourth-order valence-electron chi connectivity index (χ4n) is 1.80. The molecular weight excluding hydrogens is 282 g/mol. The number of amides is 1. The molecule has 21 heavy (non-hydrogen) atoms. The molecule has 0 radical (unpaired) electrons. The molecular formula is C16H17N3OS. The highest BCUT2D eigenvalue weighted by molar-refractivity contribution is 7.09. The number of carbonyl (C=O) groups is 1. The largest absolute Gasteiger partial charge is 0.320 e. The minimum atomic E-state index is -0.0250. The first kappa shape index (κ1) is 15.2. The quantitative estimate of drug-likeness (QED) is 0.833. The number of rotatable bonds is 5. The van der Waals surface area contributed by atoms with E-state index in [0.717, 1.165) is 12.8 Å². The minimum absolute atomic E-state index is 0.0250. The summed E-state index contributed by atoms with van der Waals surface area (Å²) in [4.78, 5) is 17.4. The van der Waals surface area contributed by atoms with E-state index >= 15 is 0 Å². The van der Waals surface area contributed by atoms with E-state index < -0.39 is 0 Å². The van der Waals surface area contributed by atoms with Crippen LogP contribution in [0.1, 0.15) is 23.4 Å². The van der Waals surface area contributed by atoms with E-state index in [1.807, 2.05) is 17.5 Å². The van der Waals surface area contributed by atoms with Gasteiger partial charge < -0.3 is 11.1 Å². The Balaban J connectivity index is 1.82. The Labute approximate surface area is 128 Å². The topological polar surface area (TPSA) is 68.0 Å². The van der Waals surface area contributed by atoms with Crippen LogP contribution in [0.15, 0.2) is 35.7 Å². The number of nitrogens with one attached hydrogen (secondary N) is 1. The van der Waals surface area contributed by atoms with E-state index in [1.54, 1.807) is 23.5 Å². The van der Waals surface area contributed by atoms with Gasteiger partial charge in [-0.1, -0.05) is 18.1 Å². The molecule has 0 spiro atoms. The fourth-order valence-corrected chi connectivity index (χ4v) is 2.55. The third-order valence-electron chi connectivity index (χ3n) is 2.74. The third kappa shape index (κ3) is 5.38. The number of pyridine rings is 1. The zero-order chi connectivity index (χ0) is 14.9. The molecule has 0 aliphatic carbocycles. The number of nitrogens with two attached hydrogens (primary N) is 1. The van der Waals surface area contributed by atoms with Gasteiger partial charge in [0.1, 0.15) is 11.5 Å². The maximum Gasteiger partial charge on any atom is 0.225 e. The monoisotopic (exact) mass is 299 g/mol. The van der Waals surface area contributed by atoms with Crippen molar-refractivity contribution in [2.45, 2.75) is 19.3 Å². The number of anilines is 1. The summed E-state index contributed by atoms with van der Waals surface area (Å²) >= 11 is 1.72. The SMILES string of the molecule is NCC#Cc1cccc(NC(=O)CCCc2cccs2)n1. The first-order valence-corrected chi connectivity index (χ1v) is 7.64. The molecule has 0 aliphatic rings. The molecule has 0 aromatic carbocycles. The summed E-state index contributed by atoms with van der Waals surface area (Å²) in [6.45, 7) is 0.293. The second-order valence-corrected chi connectivity index (χ2v) is 5.43. The molecule has 2 aromatic rings. The van der Waals surface area contributed by atoms with E-state index in [4.69, 9.17) is 5.73 Å². The number of hydrogen-bond acceptors (Lipinski definition) is 4. The maximum absolute atomic E-state index is 11.9. The van der Waals surface area contributed by atoms with Crippen molar-refractivity contribution in [3.8, 4) is 11.8 Å². The van der Waals surface area contributed by atoms with Crippen LogP contribution in [0.2, 0.25) is 0 Å². The van der Waals surface area contributed by atoms with Crippen LogP contribution in [0.5, 0.6) is 0 Å². The highest BCUT2D eigenvalue weighted by Gasteiger charge is 2.04. The summed E-state index contributed by atoms with van der Waals surface area (Å²) in [6.07, 6.45) is 2.25. The van der Waals surface area contributed by atoms with Crippen LogP contribution in [0, 0.1) is 11.8 Å². The van der Waals surface area contributed by atoms with Gasteiger partial charge in [0.2, 0.25) is 5.91 Å². The number of aryl methyl sites for hydroxylation is 1. The standard InChI is InChI=1S/C16H17N3OS/c17-11-3-6-13-5-1-9-15(18-13)19-16(20)10-2-7-14-8-4-12-21-14/h1,4-5,8-9,12H,2,7,10-11,17H2,(H,18,19,20). The number of aromatic nitrogens is 1. The molecule has 0 bridgehead atoms. The molecule has 0 saturated carbocycles. The molecule has 2 rings (SSSR count). The van der Waals surface area contributed by atoms with E-state index in [1.165, 1.54) is 4.88 Å². The molecule has 0 saturated heterocycles. The van der Waals surface area contributed by atoms with Crippen LogP contribution in [-0.4, -0.2) is 17.4 Å². The van der Waals surface area contributed by atoms with Gasteiger partial charge in [-0.2, -0.15) is 0 Å². The molecule has 5 heteroatoms. The molecule has 0 unspecified atom stereocenters. The number of thiophene rings is 1. The lowest BCUT2D eigenvalue weighted by atomic mass is 10.2. The van der Waals surface area contributed by atoms with Crippen molar-refractivity contribution in [1.82, 2.24) is 4.98 Å². The second kappa shape index (κ2) is 8.20. The van der Waals surface area contributed by atoms with E-state index in [0.29, 0.717) is 24.5 Å². The van der Waals surface area contributed by atoms with Crippen molar-refractivity contribution in [3.05, 3.63) is 46.3 Å². The Hall–Kier alpha value is -2.16. The predicted molar refractivity (Wildman–Crippen MR) is 86.1 cm³/mol. The lowest BCUT2D eigenvalue weighted by molar-refractivity contribution is -0.116. The van der Waals surface area contributed by atoms with E-state index in [9.17, 15) is 4.79 Å². The normalized spacial score (nSPS) is 9.76. The molecule has 0 atom stereocenters. The molecule has 2 heterocycles. The summed E-state index contributed by atoms with van der Waals surface area (Å²) in [5.74, 6) is 6.09. The van der Waals surface area contributed by atoms with Crippen LogP contribution in [0.4, 0.5) is 5.82 Å². The molecule has 1 amide bonds. The molecule has 108 valence electrons. The smallest absolute Gasteiger partial charge is 0.225 e. The summed E-state index contributed by atoms with van der Waals surface area (Å²) in [5.41, 5.74) is 5.93. The van der Waals surface area contributed by atoms with Crippen molar-refractivity contribution in [2.75, 3.05) is 11.9 Å². The second-order valence-electron chi connectivity index (χ2n) is 4.40. The van der Waals surface area contributed by atoms with E-state index in [-0.39, 0.29) is 5.91 Å². The van der Waals surface area contributed by atoms with Crippen LogP contribution >= 0.6 is 11.3 Å². The zero-order valence-electron chi connectivity index (χ0n) is 11.6. The zero-order valence-corrected chi connectivity index (χ0v) is 12.5. The Morgan fingerprint density at radius 3 is 3.00 bits per heavy atom. The molecule has 4 nitrogen and oxygen atoms in total. The Morgan fingerprint density at radius 1 is 1.33 bits per heavy atom. The molecule has 3 N–H and O–H groups in total. The van der Waals surface area contributed by atoms with Crippen molar-refractivity contribution < 1.29 is 4.79 Å². The Bertz CT molecular complexity index is 641. The average Bonchev–Trinajstić information content (AvgIpc) is 2.99. The van der Waals surface area contributed by atoms with Gasteiger partial charge in [0, 0.05) is 11.3 Å². The van der Waals surface area contributed by atoms with Gasteiger partial charge in [-0.25, -0.2) is 4.98 Å². The maximum atomic E-state index is 11.9. The van der Waals surface area contributed by atoms with Crippen molar-refractivity contribution in [1.29, 1.82) is 0 Å². The van der Waals surface area contributed by atoms with Gasteiger partial charge in [-0.15, -0.1) is 11.3 Å². The summed E-state index contributed by atoms with van der Waals surface area (Å²) in [6, 6.07) is 9.47. The predicted octanol–water partition coefficient (Wildman–Crippen LogP) is 2.41. The van der Waals surface area contributed by atoms with Crippen molar-refractivity contribution in [2.24, 2.45) is 5.73 Å². The van der Waals surface area contributed by atoms with Gasteiger partial charge in [-0.05, 0) is 42.3 Å². The third-order valence-corrected chi connectivity index (χ3v) is 3.68. The van der Waals surface area contributed by atoms with Crippen molar-refractivity contribution >= 4 is 23.1 Å². The Kier molecular flexibility index (Phi) is 5.95. The number of nitrogens with zero attached hydrogens (tertiary/aromatic N) is 1. The van der Waals surface area contributed by atoms with Gasteiger partial charge in [0.25, 0.3) is 0 Å². The lowest BCUT2D eigenvalue weighted by Crippen LogP contribution is -2.12. The van der Waals surface area contributed by atoms with Crippen LogP contribution < -0.4 is 11.1 Å². The first-order valence-electron chi connectivity index (χ1n) is 6.76. The summed E-state index contributed by atoms with van der Waals surface area (Å²) in [5, 5.41) is 4.84. The van der Waals surface area contributed by atoms with Gasteiger partial charge in [-0.3, -0.25) is 4.79 Å². The minimum Gasteiger partial charge on any atom is -0.320 e.